The maximum atomic E-state index is 12.2. The van der Waals surface area contributed by atoms with Crippen LogP contribution in [0.15, 0.2) is 28.1 Å². The quantitative estimate of drug-likeness (QED) is 0.731. The van der Waals surface area contributed by atoms with E-state index in [9.17, 15) is 4.79 Å². The van der Waals surface area contributed by atoms with Crippen molar-refractivity contribution in [3.8, 4) is 11.5 Å². The number of ether oxygens (including phenoxy) is 3. The van der Waals surface area contributed by atoms with Crippen LogP contribution < -0.4 is 9.47 Å². The number of carbonyl (C=O) groups is 1. The molecule has 1 fully saturated rings. The van der Waals surface area contributed by atoms with Gasteiger partial charge in [0.1, 0.15) is 13.2 Å². The SMILES string of the molecule is O=C1N=C(N2CCOCC2)SC1=Cc1cccc2c1OCCO2. The summed E-state index contributed by atoms with van der Waals surface area (Å²) >= 11 is 1.41. The predicted octanol–water partition coefficient (Wildman–Crippen LogP) is 1.76. The molecular weight excluding hydrogens is 316 g/mol. The number of fused-ring (bicyclic) bond motifs is 1. The lowest BCUT2D eigenvalue weighted by atomic mass is 10.1. The van der Waals surface area contributed by atoms with Gasteiger partial charge in [-0.05, 0) is 23.9 Å². The molecule has 0 saturated carbocycles. The van der Waals surface area contributed by atoms with Gasteiger partial charge < -0.3 is 19.1 Å². The summed E-state index contributed by atoms with van der Waals surface area (Å²) < 4.78 is 16.6. The van der Waals surface area contributed by atoms with Gasteiger partial charge in [0.25, 0.3) is 5.91 Å². The number of carbonyl (C=O) groups excluding carboxylic acids is 1. The topological polar surface area (TPSA) is 60.4 Å². The molecule has 0 N–H and O–H groups in total. The Hall–Kier alpha value is -1.99. The van der Waals surface area contributed by atoms with Crippen LogP contribution in [-0.2, 0) is 9.53 Å². The molecule has 1 aromatic carbocycles. The van der Waals surface area contributed by atoms with Gasteiger partial charge in [0.2, 0.25) is 0 Å². The van der Waals surface area contributed by atoms with Crippen molar-refractivity contribution >= 4 is 28.9 Å². The molecule has 1 amide bonds. The summed E-state index contributed by atoms with van der Waals surface area (Å²) in [5.74, 6) is 1.21. The van der Waals surface area contributed by atoms with E-state index in [0.717, 1.165) is 29.6 Å². The number of rotatable bonds is 1. The Morgan fingerprint density at radius 2 is 1.96 bits per heavy atom. The van der Waals surface area contributed by atoms with Crippen molar-refractivity contribution < 1.29 is 19.0 Å². The van der Waals surface area contributed by atoms with Crippen LogP contribution in [0.3, 0.4) is 0 Å². The number of amides is 1. The molecule has 0 aliphatic carbocycles. The number of para-hydroxylation sites is 1. The fraction of sp³-hybridized carbons (Fsp3) is 0.375. The van der Waals surface area contributed by atoms with Gasteiger partial charge in [0.15, 0.2) is 16.7 Å². The Labute approximate surface area is 138 Å². The van der Waals surface area contributed by atoms with Crippen molar-refractivity contribution in [3.05, 3.63) is 28.7 Å². The number of nitrogens with zero attached hydrogens (tertiary/aromatic N) is 2. The first-order chi connectivity index (χ1) is 11.3. The first-order valence-corrected chi connectivity index (χ1v) is 8.37. The highest BCUT2D eigenvalue weighted by atomic mass is 32.2. The molecule has 6 nitrogen and oxygen atoms in total. The third-order valence-electron chi connectivity index (χ3n) is 3.77. The Balaban J connectivity index is 1.57. The van der Waals surface area contributed by atoms with Gasteiger partial charge >= 0.3 is 0 Å². The molecule has 3 aliphatic rings. The molecule has 0 aromatic heterocycles. The maximum absolute atomic E-state index is 12.2. The van der Waals surface area contributed by atoms with Gasteiger partial charge in [0, 0.05) is 18.7 Å². The second-order valence-electron chi connectivity index (χ2n) is 5.28. The van der Waals surface area contributed by atoms with Crippen LogP contribution in [0.5, 0.6) is 11.5 Å². The molecule has 0 bridgehead atoms. The third kappa shape index (κ3) is 2.94. The highest BCUT2D eigenvalue weighted by Crippen LogP contribution is 2.37. The molecule has 3 heterocycles. The number of amidine groups is 1. The molecule has 4 rings (SSSR count). The molecule has 0 unspecified atom stereocenters. The fourth-order valence-electron chi connectivity index (χ4n) is 2.64. The van der Waals surface area contributed by atoms with Crippen LogP contribution in [0.1, 0.15) is 5.56 Å². The molecule has 0 atom stereocenters. The second kappa shape index (κ2) is 6.25. The number of thioether (sulfide) groups is 1. The van der Waals surface area contributed by atoms with Crippen molar-refractivity contribution in [2.24, 2.45) is 4.99 Å². The number of hydrogen-bond acceptors (Lipinski definition) is 6. The van der Waals surface area contributed by atoms with Crippen molar-refractivity contribution in [2.45, 2.75) is 0 Å². The summed E-state index contributed by atoms with van der Waals surface area (Å²) in [6.45, 7) is 3.94. The van der Waals surface area contributed by atoms with Gasteiger partial charge in [0.05, 0.1) is 18.1 Å². The molecule has 23 heavy (non-hydrogen) atoms. The zero-order valence-electron chi connectivity index (χ0n) is 12.5. The Kier molecular flexibility index (Phi) is 3.97. The minimum Gasteiger partial charge on any atom is -0.486 e. The summed E-state index contributed by atoms with van der Waals surface area (Å²) in [7, 11) is 0. The smallest absolute Gasteiger partial charge is 0.286 e. The third-order valence-corrected chi connectivity index (χ3v) is 4.82. The Morgan fingerprint density at radius 1 is 1.13 bits per heavy atom. The first kappa shape index (κ1) is 14.6. The van der Waals surface area contributed by atoms with Crippen molar-refractivity contribution in [2.75, 3.05) is 39.5 Å². The van der Waals surface area contributed by atoms with Crippen molar-refractivity contribution in [1.29, 1.82) is 0 Å². The number of aliphatic imine (C=N–C) groups is 1. The normalized spacial score (nSPS) is 22.4. The van der Waals surface area contributed by atoms with E-state index in [4.69, 9.17) is 14.2 Å². The van der Waals surface area contributed by atoms with Gasteiger partial charge in [-0.3, -0.25) is 4.79 Å². The predicted molar refractivity (Wildman–Crippen MR) is 87.8 cm³/mol. The standard InChI is InChI=1S/C16H16N2O4S/c19-15-13(23-16(17-15)18-4-6-20-7-5-18)10-11-2-1-3-12-14(11)22-9-8-21-12/h1-3,10H,4-9H2. The van der Waals surface area contributed by atoms with Crippen LogP contribution in [0, 0.1) is 0 Å². The van der Waals surface area contributed by atoms with E-state index in [1.807, 2.05) is 24.3 Å². The minimum absolute atomic E-state index is 0.203. The van der Waals surface area contributed by atoms with Gasteiger partial charge in [-0.2, -0.15) is 4.99 Å². The molecule has 1 aromatic rings. The summed E-state index contributed by atoms with van der Waals surface area (Å²) in [6.07, 6.45) is 1.83. The van der Waals surface area contributed by atoms with E-state index in [0.29, 0.717) is 37.1 Å². The number of benzene rings is 1. The zero-order valence-corrected chi connectivity index (χ0v) is 13.3. The maximum Gasteiger partial charge on any atom is 0.286 e. The molecule has 0 spiro atoms. The van der Waals surface area contributed by atoms with E-state index in [2.05, 4.69) is 9.89 Å². The van der Waals surface area contributed by atoms with Gasteiger partial charge in [-0.25, -0.2) is 0 Å². The van der Waals surface area contributed by atoms with Gasteiger partial charge in [-0.1, -0.05) is 12.1 Å². The molecule has 0 radical (unpaired) electrons. The van der Waals surface area contributed by atoms with Crippen LogP contribution >= 0.6 is 11.8 Å². The van der Waals surface area contributed by atoms with Crippen molar-refractivity contribution in [1.82, 2.24) is 4.90 Å². The highest BCUT2D eigenvalue weighted by Gasteiger charge is 2.27. The summed E-state index contributed by atoms with van der Waals surface area (Å²) in [4.78, 5) is 19.1. The van der Waals surface area contributed by atoms with Crippen LogP contribution in [0.2, 0.25) is 0 Å². The zero-order chi connectivity index (χ0) is 15.6. The van der Waals surface area contributed by atoms with E-state index in [1.165, 1.54) is 11.8 Å². The average Bonchev–Trinajstić information content (AvgIpc) is 2.97. The lowest BCUT2D eigenvalue weighted by Crippen LogP contribution is -2.38. The lowest BCUT2D eigenvalue weighted by molar-refractivity contribution is -0.113. The second-order valence-corrected chi connectivity index (χ2v) is 6.29. The Bertz CT molecular complexity index is 695. The molecule has 3 aliphatic heterocycles. The molecular formula is C16H16N2O4S. The monoisotopic (exact) mass is 332 g/mol. The highest BCUT2D eigenvalue weighted by molar-refractivity contribution is 8.18. The number of morpholine rings is 1. The molecule has 7 heteroatoms. The summed E-state index contributed by atoms with van der Waals surface area (Å²) in [6, 6.07) is 5.69. The summed E-state index contributed by atoms with van der Waals surface area (Å²) in [5.41, 5.74) is 0.844. The van der Waals surface area contributed by atoms with E-state index in [-0.39, 0.29) is 5.91 Å². The minimum atomic E-state index is -0.203. The van der Waals surface area contributed by atoms with E-state index < -0.39 is 0 Å². The summed E-state index contributed by atoms with van der Waals surface area (Å²) in [5, 5.41) is 0.756. The van der Waals surface area contributed by atoms with Crippen LogP contribution in [0.4, 0.5) is 0 Å². The fourth-order valence-corrected chi connectivity index (χ4v) is 3.59. The average molecular weight is 332 g/mol. The largest absolute Gasteiger partial charge is 0.486 e. The lowest BCUT2D eigenvalue weighted by Gasteiger charge is -2.27. The molecule has 120 valence electrons. The van der Waals surface area contributed by atoms with E-state index >= 15 is 0 Å². The molecule has 1 saturated heterocycles. The first-order valence-electron chi connectivity index (χ1n) is 7.55. The van der Waals surface area contributed by atoms with Gasteiger partial charge in [-0.15, -0.1) is 0 Å². The van der Waals surface area contributed by atoms with Crippen molar-refractivity contribution in [3.63, 3.8) is 0 Å². The Morgan fingerprint density at radius 3 is 2.83 bits per heavy atom. The number of hydrogen-bond donors (Lipinski definition) is 0. The van der Waals surface area contributed by atoms with E-state index in [1.54, 1.807) is 0 Å². The van der Waals surface area contributed by atoms with Crippen LogP contribution in [-0.4, -0.2) is 55.5 Å². The van der Waals surface area contributed by atoms with Crippen LogP contribution in [0.25, 0.3) is 6.08 Å².